The number of amides is 1. The molecule has 516 valence electrons. The van der Waals surface area contributed by atoms with Gasteiger partial charge in [-0.25, -0.2) is 28.8 Å². The molecule has 0 unspecified atom stereocenters. The third kappa shape index (κ3) is 14.8. The number of aromatic hydroxyl groups is 3. The molecule has 3 aliphatic carbocycles. The molecule has 0 bridgehead atoms. The number of azo groups is 2. The highest BCUT2D eigenvalue weighted by Crippen LogP contribution is 2.42. The highest BCUT2D eigenvalue weighted by molar-refractivity contribution is 6.12. The maximum atomic E-state index is 13.0. The fourth-order valence-electron chi connectivity index (χ4n) is 12.2. The van der Waals surface area contributed by atoms with E-state index in [1.807, 2.05) is 70.2 Å². The smallest absolute Gasteiger partial charge is 0.335 e. The molecule has 1 aliphatic heterocycles. The van der Waals surface area contributed by atoms with Crippen LogP contribution in [0.1, 0.15) is 106 Å². The summed E-state index contributed by atoms with van der Waals surface area (Å²) in [5, 5.41) is 87.7. The molecule has 0 fully saturated rings. The van der Waals surface area contributed by atoms with Crippen LogP contribution >= 0.6 is 12.4 Å². The number of aromatic amines is 2. The number of nitrogens with two attached hydrogens (primary N) is 1. The third-order valence-electron chi connectivity index (χ3n) is 17.8. The normalized spacial score (nSPS) is 12.9. The van der Waals surface area contributed by atoms with Gasteiger partial charge in [0.25, 0.3) is 17.0 Å². The van der Waals surface area contributed by atoms with Crippen LogP contribution < -0.4 is 21.9 Å². The summed E-state index contributed by atoms with van der Waals surface area (Å²) >= 11 is 0. The minimum absolute atomic E-state index is 0. The molecule has 0 saturated carbocycles. The Labute approximate surface area is 590 Å². The summed E-state index contributed by atoms with van der Waals surface area (Å²) in [5.74, 6) is -3.35. The van der Waals surface area contributed by atoms with Gasteiger partial charge >= 0.3 is 17.9 Å². The van der Waals surface area contributed by atoms with Crippen LogP contribution in [0.2, 0.25) is 0 Å². The van der Waals surface area contributed by atoms with E-state index in [9.17, 15) is 54.3 Å². The van der Waals surface area contributed by atoms with Crippen molar-refractivity contribution in [2.75, 3.05) is 10.7 Å². The molecule has 0 spiro atoms. The van der Waals surface area contributed by atoms with E-state index in [-0.39, 0.29) is 91.8 Å². The summed E-state index contributed by atoms with van der Waals surface area (Å²) < 4.78 is 2.89. The third-order valence-corrected chi connectivity index (χ3v) is 17.8. The van der Waals surface area contributed by atoms with Crippen LogP contribution in [0.5, 0.6) is 17.2 Å². The highest BCUT2D eigenvalue weighted by atomic mass is 35.5. The molecule has 0 atom stereocenters. The van der Waals surface area contributed by atoms with Crippen molar-refractivity contribution in [2.45, 2.75) is 86.5 Å². The zero-order chi connectivity index (χ0) is 71.7. The monoisotopic (exact) mass is 1390 g/mol. The predicted octanol–water partition coefficient (Wildman–Crippen LogP) is 15.7. The van der Waals surface area contributed by atoms with Crippen molar-refractivity contribution in [1.82, 2.24) is 19.6 Å². The minimum atomic E-state index is -1.05. The van der Waals surface area contributed by atoms with E-state index in [1.54, 1.807) is 86.6 Å². The Morgan fingerprint density at radius 1 is 0.431 bits per heavy atom. The van der Waals surface area contributed by atoms with Crippen molar-refractivity contribution < 1.29 is 49.8 Å². The molecule has 23 nitrogen and oxygen atoms in total. The maximum absolute atomic E-state index is 13.0. The molecule has 1 amide bonds. The number of fused-ring (bicyclic) bond motifs is 3. The number of anilines is 2. The Bertz CT molecular complexity index is 5220. The van der Waals surface area contributed by atoms with Crippen LogP contribution in [0.25, 0.3) is 44.8 Å². The van der Waals surface area contributed by atoms with E-state index >= 15 is 0 Å². The molecule has 15 rings (SSSR count). The summed E-state index contributed by atoms with van der Waals surface area (Å²) in [5.41, 5.74) is 24.2. The van der Waals surface area contributed by atoms with Gasteiger partial charge in [-0.15, -0.1) is 32.9 Å². The van der Waals surface area contributed by atoms with Gasteiger partial charge in [0.2, 0.25) is 0 Å². The number of H-pyrrole nitrogens is 2. The Balaban J connectivity index is 0.000000144. The number of carbonyl (C=O) groups excluding carboxylic acids is 1. The standard InChI is InChI=1S/2C26H22N4O4.C14H13NO3.C12H12N2O.ClH/c2*1-14-10-21(18-4-3-5-19(12-18)26(33)34)24(31)22(11-14)27-28-23-15(2)29-30(25(23)32)20-9-8-16-6-7-17(16)13-20;1-8-5-11(13(16)12(15)6-8)9-3-2-4-10(7-9)14(17)18;1-8-6-12(15)14(13-8)11-5-4-9-2-3-10(9)7-11;/h2*3-5,8-13,29,31H,6-7H2,1-2H3,(H,33,34);2-7,16H,15H2,1H3,(H,17,18);4-5,7H,2-3,6H2,1H3;1H. The number of aryl methyl sites for hydroxylation is 11. The van der Waals surface area contributed by atoms with Crippen molar-refractivity contribution >= 4 is 76.1 Å². The van der Waals surface area contributed by atoms with Gasteiger partial charge in [-0.1, -0.05) is 54.6 Å². The lowest BCUT2D eigenvalue weighted by molar-refractivity contribution is -0.116. The molecule has 0 radical (unpaired) electrons. The first kappa shape index (κ1) is 70.6. The first-order valence-electron chi connectivity index (χ1n) is 32.3. The second kappa shape index (κ2) is 29.4. The molecule has 102 heavy (non-hydrogen) atoms. The largest absolute Gasteiger partial charge is 0.505 e. The molecular weight excluding hydrogens is 1320 g/mol. The lowest BCUT2D eigenvalue weighted by Crippen LogP contribution is -2.20. The number of aromatic nitrogens is 4. The number of carboxylic acid groups (broad SMARTS) is 3. The average molecular weight is 1390 g/mol. The molecule has 10 N–H and O–H groups in total. The number of nitrogens with zero attached hydrogens (tertiary/aromatic N) is 8. The Morgan fingerprint density at radius 2 is 0.784 bits per heavy atom. The first-order valence-corrected chi connectivity index (χ1v) is 32.3. The number of hydrogen-bond donors (Lipinski definition) is 9. The van der Waals surface area contributed by atoms with Crippen molar-refractivity contribution in [2.24, 2.45) is 25.6 Å². The topological polar surface area (TPSA) is 356 Å². The number of carbonyl (C=O) groups is 4. The average Bonchev–Trinajstić information content (AvgIpc) is 1.45. The zero-order valence-electron chi connectivity index (χ0n) is 56.2. The second-order valence-electron chi connectivity index (χ2n) is 25.2. The SMILES string of the molecule is CC1=NN(c2ccc3c(c2)CC3)C(=O)C1.Cc1cc(N)c(O)c(-c2cccc(C(=O)O)c2)c1.Cc1cc(N=Nc2c(C)[nH]n(-c3ccc4c(c3)CC4)c2=O)c(O)c(-c2cccc(C(=O)O)c2)c1.Cc1cc(N=Nc2c(C)[nH]n(-c3ccc4c(c3)CC4)c2=O)c(O)c(-c2cccc(C(=O)O)c2)c1.Cl. The van der Waals surface area contributed by atoms with Gasteiger partial charge in [-0.05, 0) is 256 Å². The fraction of sp³-hybridized carbons (Fsp3) is 0.167. The molecule has 3 heterocycles. The van der Waals surface area contributed by atoms with Crippen LogP contribution in [-0.2, 0) is 43.3 Å². The molecule has 9 aromatic carbocycles. The van der Waals surface area contributed by atoms with Crippen molar-refractivity contribution in [1.29, 1.82) is 0 Å². The number of rotatable bonds is 13. The number of phenolic OH excluding ortho intramolecular Hbond substituents is 3. The predicted molar refractivity (Wildman–Crippen MR) is 392 cm³/mol. The number of hydrogen-bond acceptors (Lipinski definition) is 15. The maximum Gasteiger partial charge on any atom is 0.335 e. The van der Waals surface area contributed by atoms with E-state index in [1.165, 1.54) is 90.6 Å². The summed E-state index contributed by atoms with van der Waals surface area (Å²) in [6.07, 6.45) is 6.91. The van der Waals surface area contributed by atoms with Gasteiger partial charge in [0.15, 0.2) is 22.9 Å². The number of nitrogens with one attached hydrogen (secondary N) is 2. The highest BCUT2D eigenvalue weighted by Gasteiger charge is 2.26. The number of benzene rings is 9. The van der Waals surface area contributed by atoms with Crippen LogP contribution in [0.4, 0.5) is 34.1 Å². The molecular formula is C78H70ClN11O12. The van der Waals surface area contributed by atoms with Crippen LogP contribution in [-0.4, -0.2) is 79.7 Å². The van der Waals surface area contributed by atoms with Gasteiger partial charge in [0.1, 0.15) is 17.1 Å². The van der Waals surface area contributed by atoms with E-state index in [2.05, 4.69) is 47.9 Å². The van der Waals surface area contributed by atoms with Crippen molar-refractivity contribution in [3.8, 4) is 62.0 Å². The lowest BCUT2D eigenvalue weighted by Gasteiger charge is -2.21. The van der Waals surface area contributed by atoms with E-state index in [4.69, 9.17) is 10.8 Å². The number of carboxylic acids is 3. The van der Waals surface area contributed by atoms with Crippen molar-refractivity contribution in [3.05, 3.63) is 263 Å². The van der Waals surface area contributed by atoms with Gasteiger partial charge in [-0.3, -0.25) is 24.6 Å². The molecule has 24 heteroatoms. The van der Waals surface area contributed by atoms with Gasteiger partial charge in [0.05, 0.1) is 57.2 Å². The first-order chi connectivity index (χ1) is 48.3. The van der Waals surface area contributed by atoms with E-state index in [0.29, 0.717) is 51.2 Å². The lowest BCUT2D eigenvalue weighted by atomic mass is 9.88. The van der Waals surface area contributed by atoms with E-state index < -0.39 is 17.9 Å². The Kier molecular flexibility index (Phi) is 20.3. The Hall–Kier alpha value is -12.8. The number of halogens is 1. The number of aromatic carboxylic acids is 3. The summed E-state index contributed by atoms with van der Waals surface area (Å²) in [6.45, 7) is 10.9. The number of nitrogen functional groups attached to an aromatic ring is 1. The van der Waals surface area contributed by atoms with Gasteiger partial charge in [-0.2, -0.15) is 5.10 Å². The summed E-state index contributed by atoms with van der Waals surface area (Å²) in [7, 11) is 0. The van der Waals surface area contributed by atoms with E-state index in [0.717, 1.165) is 71.6 Å². The van der Waals surface area contributed by atoms with Crippen molar-refractivity contribution in [3.63, 3.8) is 0 Å². The molecule has 2 aromatic heterocycles. The molecule has 0 saturated heterocycles. The summed E-state index contributed by atoms with van der Waals surface area (Å²) in [6, 6.07) is 47.3. The Morgan fingerprint density at radius 3 is 1.13 bits per heavy atom. The van der Waals surface area contributed by atoms with Gasteiger partial charge in [0, 0.05) is 22.4 Å². The molecule has 4 aliphatic rings. The van der Waals surface area contributed by atoms with Gasteiger partial charge < -0.3 is 36.4 Å². The fourth-order valence-corrected chi connectivity index (χ4v) is 12.2. The number of hydrazone groups is 1. The number of phenols is 3. The van der Waals surface area contributed by atoms with Crippen LogP contribution in [0.15, 0.2) is 199 Å². The second-order valence-corrected chi connectivity index (χ2v) is 25.2. The molecule has 11 aromatic rings. The van der Waals surface area contributed by atoms with Crippen LogP contribution in [0, 0.1) is 34.6 Å². The minimum Gasteiger partial charge on any atom is -0.505 e. The van der Waals surface area contributed by atoms with Crippen LogP contribution in [0.3, 0.4) is 0 Å². The zero-order valence-corrected chi connectivity index (χ0v) is 57.1. The quantitative estimate of drug-likeness (QED) is 0.0295. The summed E-state index contributed by atoms with van der Waals surface area (Å²) in [4.78, 5) is 71.3.